The predicted molar refractivity (Wildman–Crippen MR) is 46.1 cm³/mol. The zero-order valence-electron chi connectivity index (χ0n) is 5.17. The van der Waals surface area contributed by atoms with Crippen molar-refractivity contribution in [3.63, 3.8) is 0 Å². The van der Waals surface area contributed by atoms with Gasteiger partial charge in [0.05, 0.1) is 0 Å². The molecule has 0 spiro atoms. The van der Waals surface area contributed by atoms with E-state index in [1.165, 1.54) is 0 Å². The number of alkyl halides is 1. The quantitative estimate of drug-likeness (QED) is 0.536. The molecule has 0 aliphatic carbocycles. The van der Waals surface area contributed by atoms with E-state index in [0.29, 0.717) is 0 Å². The van der Waals surface area contributed by atoms with Crippen molar-refractivity contribution in [2.45, 2.75) is 5.50 Å². The van der Waals surface area contributed by atoms with Gasteiger partial charge in [-0.25, -0.2) is 0 Å². The van der Waals surface area contributed by atoms with Crippen LogP contribution in [0.2, 0.25) is 0 Å². The van der Waals surface area contributed by atoms with E-state index in [9.17, 15) is 0 Å². The Bertz CT molecular complexity index is 190. The molecule has 0 heterocycles. The molecule has 53 valence electrons. The summed E-state index contributed by atoms with van der Waals surface area (Å²) in [5.41, 5.74) is 0.724. The van der Waals surface area contributed by atoms with Crippen LogP contribution in [0.4, 0.5) is 0 Å². The van der Waals surface area contributed by atoms with Gasteiger partial charge in [-0.15, -0.1) is 4.34 Å². The molecule has 1 unspecified atom stereocenters. The minimum atomic E-state index is -0.277. The van der Waals surface area contributed by atoms with Crippen LogP contribution in [0.1, 0.15) is 11.1 Å². The molecule has 1 aromatic rings. The SMILES string of the molecule is ClC([N]Br)c1ccccc1. The molecule has 3 heteroatoms. The lowest BCUT2D eigenvalue weighted by Crippen LogP contribution is -1.95. The first kappa shape index (κ1) is 8.05. The molecule has 0 amide bonds. The van der Waals surface area contributed by atoms with Crippen LogP contribution in [-0.4, -0.2) is 0 Å². The zero-order chi connectivity index (χ0) is 7.40. The zero-order valence-corrected chi connectivity index (χ0v) is 7.51. The Morgan fingerprint density at radius 3 is 2.40 bits per heavy atom. The topological polar surface area (TPSA) is 14.1 Å². The third-order valence-electron chi connectivity index (χ3n) is 1.16. The van der Waals surface area contributed by atoms with Crippen molar-refractivity contribution in [3.8, 4) is 0 Å². The Hall–Kier alpha value is -0.0500. The average Bonchev–Trinajstić information content (AvgIpc) is 2.05. The van der Waals surface area contributed by atoms with Crippen molar-refractivity contribution in [2.75, 3.05) is 0 Å². The second kappa shape index (κ2) is 3.96. The van der Waals surface area contributed by atoms with E-state index in [0.717, 1.165) is 5.56 Å². The van der Waals surface area contributed by atoms with Crippen molar-refractivity contribution >= 4 is 27.7 Å². The van der Waals surface area contributed by atoms with Crippen LogP contribution in [0.5, 0.6) is 0 Å². The van der Waals surface area contributed by atoms with Crippen LogP contribution in [0.15, 0.2) is 30.3 Å². The summed E-state index contributed by atoms with van der Waals surface area (Å²) in [7, 11) is 0. The van der Waals surface area contributed by atoms with Gasteiger partial charge in [0.1, 0.15) is 5.50 Å². The lowest BCUT2D eigenvalue weighted by molar-refractivity contribution is 0.933. The molecule has 0 N–H and O–H groups in total. The molecular weight excluding hydrogens is 213 g/mol. The summed E-state index contributed by atoms with van der Waals surface area (Å²) in [5, 5.41) is 0. The van der Waals surface area contributed by atoms with E-state index in [1.807, 2.05) is 30.3 Å². The van der Waals surface area contributed by atoms with E-state index in [4.69, 9.17) is 11.6 Å². The van der Waals surface area contributed by atoms with Crippen molar-refractivity contribution in [2.24, 2.45) is 0 Å². The first-order valence-electron chi connectivity index (χ1n) is 2.84. The minimum absolute atomic E-state index is 0.277. The van der Waals surface area contributed by atoms with Gasteiger partial charge in [0.15, 0.2) is 0 Å². The summed E-state index contributed by atoms with van der Waals surface area (Å²) in [6.07, 6.45) is 0. The van der Waals surface area contributed by atoms with Crippen molar-refractivity contribution < 1.29 is 0 Å². The van der Waals surface area contributed by atoms with E-state index >= 15 is 0 Å². The maximum Gasteiger partial charge on any atom is 0.136 e. The number of benzene rings is 1. The summed E-state index contributed by atoms with van der Waals surface area (Å²) in [5.74, 6) is 0. The van der Waals surface area contributed by atoms with Crippen LogP contribution >= 0.6 is 27.7 Å². The molecule has 0 aliphatic heterocycles. The number of halogens is 2. The molecule has 10 heavy (non-hydrogen) atoms. The maximum absolute atomic E-state index is 5.78. The Morgan fingerprint density at radius 2 is 1.90 bits per heavy atom. The van der Waals surface area contributed by atoms with Crippen molar-refractivity contribution in [1.29, 1.82) is 0 Å². The summed E-state index contributed by atoms with van der Waals surface area (Å²) in [4.78, 5) is 0. The fraction of sp³-hybridized carbons (Fsp3) is 0.143. The summed E-state index contributed by atoms with van der Waals surface area (Å²) in [6, 6.07) is 9.68. The third-order valence-corrected chi connectivity index (χ3v) is 2.16. The molecule has 0 saturated heterocycles. The number of hydrogen-bond acceptors (Lipinski definition) is 0. The molecule has 0 aliphatic rings. The average molecular weight is 219 g/mol. The summed E-state index contributed by atoms with van der Waals surface area (Å²) in [6.45, 7) is 0. The van der Waals surface area contributed by atoms with Gasteiger partial charge in [0.25, 0.3) is 0 Å². The van der Waals surface area contributed by atoms with Crippen LogP contribution in [0, 0.1) is 0 Å². The van der Waals surface area contributed by atoms with Crippen LogP contribution in [-0.2, 0) is 0 Å². The molecule has 0 bridgehead atoms. The second-order valence-electron chi connectivity index (χ2n) is 1.84. The molecule has 0 saturated carbocycles. The van der Waals surface area contributed by atoms with Crippen LogP contribution in [0.3, 0.4) is 0 Å². The highest BCUT2D eigenvalue weighted by molar-refractivity contribution is 9.07. The maximum atomic E-state index is 5.78. The van der Waals surface area contributed by atoms with Crippen LogP contribution in [0.25, 0.3) is 0 Å². The monoisotopic (exact) mass is 218 g/mol. The summed E-state index contributed by atoms with van der Waals surface area (Å²) >= 11 is 8.72. The molecule has 1 radical (unpaired) electrons. The highest BCUT2D eigenvalue weighted by Gasteiger charge is 2.03. The highest BCUT2D eigenvalue weighted by atomic mass is 79.9. The lowest BCUT2D eigenvalue weighted by atomic mass is 10.2. The van der Waals surface area contributed by atoms with E-state index in [-0.39, 0.29) is 5.50 Å². The van der Waals surface area contributed by atoms with Gasteiger partial charge in [-0.05, 0) is 5.56 Å². The van der Waals surface area contributed by atoms with E-state index in [2.05, 4.69) is 20.5 Å². The predicted octanol–water partition coefficient (Wildman–Crippen LogP) is 2.84. The van der Waals surface area contributed by atoms with E-state index < -0.39 is 0 Å². The smallest absolute Gasteiger partial charge is 0.136 e. The highest BCUT2D eigenvalue weighted by Crippen LogP contribution is 2.18. The molecule has 1 atom stereocenters. The normalized spacial score (nSPS) is 13.0. The minimum Gasteiger partial charge on any atom is -0.142 e. The molecular formula is C7H6BrClN. The van der Waals surface area contributed by atoms with Crippen molar-refractivity contribution in [3.05, 3.63) is 35.9 Å². The number of rotatable bonds is 2. The molecule has 1 aromatic carbocycles. The van der Waals surface area contributed by atoms with Gasteiger partial charge in [-0.1, -0.05) is 41.9 Å². The molecule has 1 nitrogen and oxygen atoms in total. The van der Waals surface area contributed by atoms with Gasteiger partial charge in [0, 0.05) is 16.1 Å². The van der Waals surface area contributed by atoms with Gasteiger partial charge >= 0.3 is 0 Å². The first-order chi connectivity index (χ1) is 4.84. The standard InChI is InChI=1S/C7H6BrClN/c8-10-7(9)6-4-2-1-3-5-6/h1-5,7H. The molecule has 0 aromatic heterocycles. The van der Waals surface area contributed by atoms with Gasteiger partial charge in [0.2, 0.25) is 0 Å². The fourth-order valence-electron chi connectivity index (χ4n) is 0.668. The number of hydrogen-bond donors (Lipinski definition) is 0. The second-order valence-corrected chi connectivity index (χ2v) is 2.67. The Morgan fingerprint density at radius 1 is 1.30 bits per heavy atom. The molecule has 1 rings (SSSR count). The largest absolute Gasteiger partial charge is 0.142 e. The fourth-order valence-corrected chi connectivity index (χ4v) is 1.05. The van der Waals surface area contributed by atoms with Crippen molar-refractivity contribution in [1.82, 2.24) is 4.34 Å². The Balaban J connectivity index is 2.75. The Kier molecular flexibility index (Phi) is 3.19. The lowest BCUT2D eigenvalue weighted by Gasteiger charge is -2.02. The Labute approximate surface area is 73.7 Å². The first-order valence-corrected chi connectivity index (χ1v) is 3.99. The third kappa shape index (κ3) is 1.97. The van der Waals surface area contributed by atoms with Gasteiger partial charge in [-0.3, -0.25) is 0 Å². The number of nitrogens with zero attached hydrogens (tertiary/aromatic N) is 1. The summed E-state index contributed by atoms with van der Waals surface area (Å²) < 4.78 is 3.74. The molecule has 0 fully saturated rings. The van der Waals surface area contributed by atoms with E-state index in [1.54, 1.807) is 0 Å². The van der Waals surface area contributed by atoms with Gasteiger partial charge < -0.3 is 0 Å². The van der Waals surface area contributed by atoms with Crippen LogP contribution < -0.4 is 4.34 Å². The van der Waals surface area contributed by atoms with Gasteiger partial charge in [-0.2, -0.15) is 0 Å².